The molecule has 1 aromatic rings. The molecule has 0 amide bonds. The van der Waals surface area contributed by atoms with Crippen LogP contribution < -0.4 is 5.32 Å². The van der Waals surface area contributed by atoms with E-state index in [1.54, 1.807) is 0 Å². The molecule has 0 radical (unpaired) electrons. The molecule has 1 aromatic carbocycles. The van der Waals surface area contributed by atoms with Gasteiger partial charge in [-0.15, -0.1) is 12.4 Å². The highest BCUT2D eigenvalue weighted by Crippen LogP contribution is 2.40. The molecule has 2 atom stereocenters. The molecule has 2 aliphatic rings. The lowest BCUT2D eigenvalue weighted by molar-refractivity contribution is 0.607. The Morgan fingerprint density at radius 1 is 1.21 bits per heavy atom. The average Bonchev–Trinajstić information content (AvgIpc) is 2.56. The van der Waals surface area contributed by atoms with Crippen molar-refractivity contribution in [2.24, 2.45) is 0 Å². The standard InChI is InChI=1S/C12H13N.ClH/c1-3-7-11-9(5-1)10-6-2-4-8-12(10)13-11;/h1-3,5-7,10,12-13H,4,8H2;1H. The number of rotatable bonds is 0. The summed E-state index contributed by atoms with van der Waals surface area (Å²) in [5, 5.41) is 3.59. The topological polar surface area (TPSA) is 12.0 Å². The first-order chi connectivity index (χ1) is 6.45. The van der Waals surface area contributed by atoms with Crippen LogP contribution in [0.25, 0.3) is 0 Å². The Kier molecular flexibility index (Phi) is 2.51. The zero-order valence-electron chi connectivity index (χ0n) is 7.94. The maximum Gasteiger partial charge on any atom is 0.0382 e. The van der Waals surface area contributed by atoms with E-state index in [0.717, 1.165) is 0 Å². The minimum atomic E-state index is 0. The summed E-state index contributed by atoms with van der Waals surface area (Å²) in [4.78, 5) is 0. The maximum atomic E-state index is 3.59. The molecule has 2 heteroatoms. The van der Waals surface area contributed by atoms with E-state index in [2.05, 4.69) is 41.7 Å². The first-order valence-electron chi connectivity index (χ1n) is 4.97. The van der Waals surface area contributed by atoms with Gasteiger partial charge >= 0.3 is 0 Å². The van der Waals surface area contributed by atoms with E-state index < -0.39 is 0 Å². The Labute approximate surface area is 90.6 Å². The summed E-state index contributed by atoms with van der Waals surface area (Å²) < 4.78 is 0. The first-order valence-corrected chi connectivity index (χ1v) is 4.97. The van der Waals surface area contributed by atoms with Crippen LogP contribution in [0.4, 0.5) is 5.69 Å². The van der Waals surface area contributed by atoms with Crippen LogP contribution in [0.3, 0.4) is 0 Å². The van der Waals surface area contributed by atoms with Crippen LogP contribution in [-0.2, 0) is 0 Å². The Bertz CT molecular complexity index is 359. The Balaban J connectivity index is 0.000000750. The van der Waals surface area contributed by atoms with Gasteiger partial charge in [0.25, 0.3) is 0 Å². The SMILES string of the molecule is C1=CC2c3ccccc3NC2CC1.Cl. The number of allylic oxidation sites excluding steroid dienone is 1. The predicted octanol–water partition coefficient (Wildman–Crippen LogP) is 3.34. The van der Waals surface area contributed by atoms with Gasteiger partial charge < -0.3 is 5.32 Å². The number of benzene rings is 1. The Hall–Kier alpha value is -0.950. The lowest BCUT2D eigenvalue weighted by atomic mass is 9.88. The van der Waals surface area contributed by atoms with Crippen molar-refractivity contribution >= 4 is 18.1 Å². The molecule has 0 spiro atoms. The Morgan fingerprint density at radius 2 is 2.07 bits per heavy atom. The highest BCUT2D eigenvalue weighted by atomic mass is 35.5. The van der Waals surface area contributed by atoms with Crippen molar-refractivity contribution < 1.29 is 0 Å². The molecular formula is C12H14ClN. The van der Waals surface area contributed by atoms with Crippen molar-refractivity contribution in [1.82, 2.24) is 0 Å². The second-order valence-electron chi connectivity index (χ2n) is 3.87. The van der Waals surface area contributed by atoms with Crippen LogP contribution in [0, 0.1) is 0 Å². The van der Waals surface area contributed by atoms with Gasteiger partial charge in [-0.2, -0.15) is 0 Å². The minimum Gasteiger partial charge on any atom is -0.381 e. The number of hydrogen-bond acceptors (Lipinski definition) is 1. The lowest BCUT2D eigenvalue weighted by Gasteiger charge is -2.20. The summed E-state index contributed by atoms with van der Waals surface area (Å²) in [5.74, 6) is 0.630. The van der Waals surface area contributed by atoms with E-state index in [1.165, 1.54) is 24.1 Å². The third kappa shape index (κ3) is 1.32. The molecule has 1 nitrogen and oxygen atoms in total. The fraction of sp³-hybridized carbons (Fsp3) is 0.333. The molecule has 1 aliphatic carbocycles. The van der Waals surface area contributed by atoms with Gasteiger partial charge in [-0.25, -0.2) is 0 Å². The highest BCUT2D eigenvalue weighted by molar-refractivity contribution is 5.85. The fourth-order valence-electron chi connectivity index (χ4n) is 2.43. The second-order valence-corrected chi connectivity index (χ2v) is 3.87. The minimum absolute atomic E-state index is 0. The molecule has 1 N–H and O–H groups in total. The van der Waals surface area contributed by atoms with E-state index >= 15 is 0 Å². The summed E-state index contributed by atoms with van der Waals surface area (Å²) in [7, 11) is 0. The highest BCUT2D eigenvalue weighted by Gasteiger charge is 2.30. The van der Waals surface area contributed by atoms with Crippen molar-refractivity contribution in [3.63, 3.8) is 0 Å². The van der Waals surface area contributed by atoms with E-state index in [4.69, 9.17) is 0 Å². The van der Waals surface area contributed by atoms with Gasteiger partial charge in [0.05, 0.1) is 0 Å². The van der Waals surface area contributed by atoms with E-state index in [9.17, 15) is 0 Å². The third-order valence-corrected chi connectivity index (χ3v) is 3.08. The summed E-state index contributed by atoms with van der Waals surface area (Å²) in [6.45, 7) is 0. The van der Waals surface area contributed by atoms with Crippen molar-refractivity contribution in [3.05, 3.63) is 42.0 Å². The van der Waals surface area contributed by atoms with Crippen LogP contribution in [0.2, 0.25) is 0 Å². The monoisotopic (exact) mass is 207 g/mol. The lowest BCUT2D eigenvalue weighted by Crippen LogP contribution is -2.21. The normalized spacial score (nSPS) is 27.1. The largest absolute Gasteiger partial charge is 0.381 e. The molecule has 2 unspecified atom stereocenters. The molecule has 3 rings (SSSR count). The molecule has 0 fully saturated rings. The average molecular weight is 208 g/mol. The number of halogens is 1. The van der Waals surface area contributed by atoms with Gasteiger partial charge in [0.15, 0.2) is 0 Å². The fourth-order valence-corrected chi connectivity index (χ4v) is 2.43. The first kappa shape index (κ1) is 9.60. The maximum absolute atomic E-state index is 3.59. The quantitative estimate of drug-likeness (QED) is 0.644. The van der Waals surface area contributed by atoms with Gasteiger partial charge in [-0.3, -0.25) is 0 Å². The van der Waals surface area contributed by atoms with E-state index in [-0.39, 0.29) is 12.4 Å². The second kappa shape index (κ2) is 3.66. The number of anilines is 1. The van der Waals surface area contributed by atoms with Crippen LogP contribution in [0.5, 0.6) is 0 Å². The number of fused-ring (bicyclic) bond motifs is 3. The molecule has 0 saturated heterocycles. The number of para-hydroxylation sites is 1. The van der Waals surface area contributed by atoms with Gasteiger partial charge in [-0.1, -0.05) is 30.4 Å². The van der Waals surface area contributed by atoms with Crippen molar-refractivity contribution in [2.75, 3.05) is 5.32 Å². The molecule has 1 aliphatic heterocycles. The zero-order valence-corrected chi connectivity index (χ0v) is 8.76. The molecular weight excluding hydrogens is 194 g/mol. The summed E-state index contributed by atoms with van der Waals surface area (Å²) >= 11 is 0. The zero-order chi connectivity index (χ0) is 8.67. The van der Waals surface area contributed by atoms with Crippen LogP contribution in [-0.4, -0.2) is 6.04 Å². The van der Waals surface area contributed by atoms with Gasteiger partial charge in [-0.05, 0) is 24.5 Å². The summed E-state index contributed by atoms with van der Waals surface area (Å²) in [5.41, 5.74) is 2.81. The molecule has 74 valence electrons. The van der Waals surface area contributed by atoms with Gasteiger partial charge in [0.2, 0.25) is 0 Å². The molecule has 0 bridgehead atoms. The van der Waals surface area contributed by atoms with Crippen molar-refractivity contribution in [2.45, 2.75) is 24.8 Å². The van der Waals surface area contributed by atoms with Crippen LogP contribution >= 0.6 is 12.4 Å². The van der Waals surface area contributed by atoms with E-state index in [1.807, 2.05) is 0 Å². The Morgan fingerprint density at radius 3 is 3.00 bits per heavy atom. The summed E-state index contributed by atoms with van der Waals surface area (Å²) in [6.07, 6.45) is 7.16. The molecule has 0 saturated carbocycles. The predicted molar refractivity (Wildman–Crippen MR) is 62.2 cm³/mol. The van der Waals surface area contributed by atoms with Gasteiger partial charge in [0.1, 0.15) is 0 Å². The molecule has 1 heterocycles. The van der Waals surface area contributed by atoms with Crippen LogP contribution in [0.1, 0.15) is 24.3 Å². The summed E-state index contributed by atoms with van der Waals surface area (Å²) in [6, 6.07) is 9.31. The van der Waals surface area contributed by atoms with Gasteiger partial charge in [0, 0.05) is 17.6 Å². The van der Waals surface area contributed by atoms with Crippen molar-refractivity contribution in [1.29, 1.82) is 0 Å². The molecule has 14 heavy (non-hydrogen) atoms. The van der Waals surface area contributed by atoms with Crippen LogP contribution in [0.15, 0.2) is 36.4 Å². The van der Waals surface area contributed by atoms with E-state index in [0.29, 0.717) is 12.0 Å². The molecule has 0 aromatic heterocycles. The smallest absolute Gasteiger partial charge is 0.0382 e. The number of hydrogen-bond donors (Lipinski definition) is 1. The van der Waals surface area contributed by atoms with Crippen molar-refractivity contribution in [3.8, 4) is 0 Å². The third-order valence-electron chi connectivity index (χ3n) is 3.08. The number of nitrogens with one attached hydrogen (secondary N) is 1.